The number of nitriles is 1. The first-order chi connectivity index (χ1) is 20.9. The fraction of sp³-hybridized carbons (Fsp3) is 0.533. The lowest BCUT2D eigenvalue weighted by Gasteiger charge is -2.34. The minimum Gasteiger partial charge on any atom is -0.443 e. The molecule has 2 fully saturated rings. The number of sulfonamides is 1. The molecule has 2 heterocycles. The first-order valence-electron chi connectivity index (χ1n) is 14.4. The molecule has 44 heavy (non-hydrogen) atoms. The van der Waals surface area contributed by atoms with E-state index in [2.05, 4.69) is 11.4 Å². The van der Waals surface area contributed by atoms with Crippen LogP contribution in [0, 0.1) is 32.8 Å². The number of ether oxygens (including phenoxy) is 3. The predicted molar refractivity (Wildman–Crippen MR) is 158 cm³/mol. The lowest BCUT2D eigenvalue weighted by Crippen LogP contribution is -2.52. The zero-order valence-corrected chi connectivity index (χ0v) is 25.5. The van der Waals surface area contributed by atoms with Crippen LogP contribution in [0.15, 0.2) is 59.5 Å². The Morgan fingerprint density at radius 2 is 2.00 bits per heavy atom. The van der Waals surface area contributed by atoms with Crippen LogP contribution in [0.1, 0.15) is 38.7 Å². The van der Waals surface area contributed by atoms with Gasteiger partial charge in [-0.15, -0.1) is 0 Å². The molecule has 0 aromatic heterocycles. The number of nitro groups is 1. The average Bonchev–Trinajstić information content (AvgIpc) is 3.61. The molecular formula is C30H38N4O9S. The van der Waals surface area contributed by atoms with Crippen LogP contribution in [0.25, 0.3) is 0 Å². The molecule has 2 aliphatic rings. The highest BCUT2D eigenvalue weighted by atomic mass is 32.2. The van der Waals surface area contributed by atoms with Gasteiger partial charge in [-0.1, -0.05) is 50.2 Å². The Balaban J connectivity index is 1.59. The fourth-order valence-electron chi connectivity index (χ4n) is 5.46. The predicted octanol–water partition coefficient (Wildman–Crippen LogP) is 3.38. The topological polar surface area (TPSA) is 181 Å². The number of aliphatic hydroxyl groups is 1. The van der Waals surface area contributed by atoms with Gasteiger partial charge in [0.25, 0.3) is 5.69 Å². The summed E-state index contributed by atoms with van der Waals surface area (Å²) in [6.45, 7) is 3.75. The van der Waals surface area contributed by atoms with Crippen molar-refractivity contribution in [2.45, 2.75) is 69.0 Å². The smallest absolute Gasteiger partial charge is 0.407 e. The Morgan fingerprint density at radius 1 is 1.25 bits per heavy atom. The molecule has 0 unspecified atom stereocenters. The summed E-state index contributed by atoms with van der Waals surface area (Å²) in [6, 6.07) is 14.9. The normalized spacial score (nSPS) is 21.3. The number of carbonyl (C=O) groups excluding carboxylic acids is 1. The van der Waals surface area contributed by atoms with Crippen molar-refractivity contribution in [1.82, 2.24) is 9.62 Å². The summed E-state index contributed by atoms with van der Waals surface area (Å²) in [7, 11) is -4.36. The lowest BCUT2D eigenvalue weighted by atomic mass is 9.88. The Morgan fingerprint density at radius 3 is 2.70 bits per heavy atom. The van der Waals surface area contributed by atoms with Crippen LogP contribution in [0.2, 0.25) is 0 Å². The summed E-state index contributed by atoms with van der Waals surface area (Å²) < 4.78 is 45.6. The number of alkyl carbamates (subject to hydrolysis) is 1. The molecular weight excluding hydrogens is 592 g/mol. The fourth-order valence-corrected chi connectivity index (χ4v) is 7.15. The van der Waals surface area contributed by atoms with Crippen molar-refractivity contribution in [3.8, 4) is 6.07 Å². The van der Waals surface area contributed by atoms with Gasteiger partial charge < -0.3 is 24.6 Å². The molecule has 0 saturated carbocycles. The molecule has 2 N–H and O–H groups in total. The van der Waals surface area contributed by atoms with Crippen molar-refractivity contribution in [2.24, 2.45) is 11.3 Å². The minimum absolute atomic E-state index is 0.0931. The van der Waals surface area contributed by atoms with Gasteiger partial charge in [0.05, 0.1) is 47.2 Å². The van der Waals surface area contributed by atoms with Gasteiger partial charge in [-0.3, -0.25) is 10.1 Å². The minimum atomic E-state index is -4.36. The van der Waals surface area contributed by atoms with Gasteiger partial charge in [0, 0.05) is 31.6 Å². The van der Waals surface area contributed by atoms with E-state index in [4.69, 9.17) is 19.5 Å². The van der Waals surface area contributed by atoms with Crippen molar-refractivity contribution >= 4 is 21.8 Å². The van der Waals surface area contributed by atoms with E-state index in [0.29, 0.717) is 19.4 Å². The molecule has 0 spiro atoms. The molecule has 2 aromatic carbocycles. The zero-order valence-electron chi connectivity index (χ0n) is 24.7. The number of benzene rings is 2. The second-order valence-electron chi connectivity index (χ2n) is 11.9. The summed E-state index contributed by atoms with van der Waals surface area (Å²) >= 11 is 0. The van der Waals surface area contributed by atoms with E-state index in [1.54, 1.807) is 13.8 Å². The number of amides is 1. The Kier molecular flexibility index (Phi) is 10.9. The molecule has 14 heteroatoms. The van der Waals surface area contributed by atoms with E-state index in [0.717, 1.165) is 15.9 Å². The van der Waals surface area contributed by atoms with Crippen LogP contribution in [0.5, 0.6) is 0 Å². The third-order valence-electron chi connectivity index (χ3n) is 7.88. The summed E-state index contributed by atoms with van der Waals surface area (Å²) in [6.07, 6.45) is -1.74. The van der Waals surface area contributed by atoms with Crippen LogP contribution in [0.4, 0.5) is 10.5 Å². The van der Waals surface area contributed by atoms with Gasteiger partial charge >= 0.3 is 6.09 Å². The summed E-state index contributed by atoms with van der Waals surface area (Å²) in [5.41, 5.74) is -0.299. The number of nitrogens with one attached hydrogen (secondary N) is 1. The highest BCUT2D eigenvalue weighted by Gasteiger charge is 2.44. The number of aliphatic hydroxyl groups excluding tert-OH is 1. The van der Waals surface area contributed by atoms with Crippen LogP contribution in [0.3, 0.4) is 0 Å². The lowest BCUT2D eigenvalue weighted by molar-refractivity contribution is -0.385. The van der Waals surface area contributed by atoms with E-state index in [1.165, 1.54) is 18.2 Å². The van der Waals surface area contributed by atoms with Gasteiger partial charge in [0.15, 0.2) is 6.29 Å². The third kappa shape index (κ3) is 8.52. The maximum atomic E-state index is 13.9. The molecule has 0 aliphatic carbocycles. The molecule has 238 valence electrons. The van der Waals surface area contributed by atoms with Gasteiger partial charge in [-0.2, -0.15) is 9.57 Å². The summed E-state index contributed by atoms with van der Waals surface area (Å²) in [4.78, 5) is 23.5. The second kappa shape index (κ2) is 14.4. The van der Waals surface area contributed by atoms with Gasteiger partial charge in [0.1, 0.15) is 6.10 Å². The molecule has 4 rings (SSSR count). The van der Waals surface area contributed by atoms with Crippen LogP contribution in [-0.4, -0.2) is 79.7 Å². The molecule has 0 radical (unpaired) electrons. The number of nitrogens with zero attached hydrogens (tertiary/aromatic N) is 3. The van der Waals surface area contributed by atoms with Crippen molar-refractivity contribution in [2.75, 3.05) is 26.3 Å². The Labute approximate surface area is 256 Å². The van der Waals surface area contributed by atoms with Crippen molar-refractivity contribution in [3.63, 3.8) is 0 Å². The highest BCUT2D eigenvalue weighted by molar-refractivity contribution is 7.89. The van der Waals surface area contributed by atoms with Gasteiger partial charge in [0.2, 0.25) is 10.0 Å². The molecule has 2 saturated heterocycles. The van der Waals surface area contributed by atoms with E-state index in [-0.39, 0.29) is 36.8 Å². The SMILES string of the molecule is CC(C)(CCC#N)CN(C[C@@H](O)[C@H](Cc1ccccc1)NC(=O)O[C@H]1CO[C@H]2OCC[C@H]21)S(=O)(=O)c1cccc([N+](=O)[O-])c1. The van der Waals surface area contributed by atoms with Crippen molar-refractivity contribution in [1.29, 1.82) is 5.26 Å². The number of non-ortho nitro benzene ring substituents is 1. The van der Waals surface area contributed by atoms with Crippen LogP contribution < -0.4 is 5.32 Å². The molecule has 13 nitrogen and oxygen atoms in total. The van der Waals surface area contributed by atoms with E-state index in [9.17, 15) is 28.4 Å². The maximum absolute atomic E-state index is 13.9. The number of rotatable bonds is 14. The second-order valence-corrected chi connectivity index (χ2v) is 13.8. The number of hydrogen-bond donors (Lipinski definition) is 2. The van der Waals surface area contributed by atoms with Crippen LogP contribution >= 0.6 is 0 Å². The van der Waals surface area contributed by atoms with Gasteiger partial charge in [-0.25, -0.2) is 13.2 Å². The van der Waals surface area contributed by atoms with E-state index in [1.807, 2.05) is 30.3 Å². The van der Waals surface area contributed by atoms with E-state index >= 15 is 0 Å². The van der Waals surface area contributed by atoms with E-state index < -0.39 is 63.2 Å². The number of fused-ring (bicyclic) bond motifs is 1. The Bertz CT molecular complexity index is 1450. The monoisotopic (exact) mass is 630 g/mol. The highest BCUT2D eigenvalue weighted by Crippen LogP contribution is 2.33. The van der Waals surface area contributed by atoms with Gasteiger partial charge in [-0.05, 0) is 36.3 Å². The molecule has 2 aliphatic heterocycles. The van der Waals surface area contributed by atoms with Crippen molar-refractivity contribution < 1.29 is 37.5 Å². The third-order valence-corrected chi connectivity index (χ3v) is 9.69. The first-order valence-corrected chi connectivity index (χ1v) is 15.9. The molecule has 1 amide bonds. The largest absolute Gasteiger partial charge is 0.443 e. The number of carbonyl (C=O) groups is 1. The molecule has 0 bridgehead atoms. The summed E-state index contributed by atoms with van der Waals surface area (Å²) in [5, 5.41) is 34.8. The van der Waals surface area contributed by atoms with Crippen LogP contribution in [-0.2, 0) is 30.7 Å². The van der Waals surface area contributed by atoms with Crippen molar-refractivity contribution in [3.05, 3.63) is 70.3 Å². The summed E-state index contributed by atoms with van der Waals surface area (Å²) in [5.74, 6) is -0.0931. The number of hydrogen-bond acceptors (Lipinski definition) is 10. The molecule has 5 atom stereocenters. The standard InChI is InChI=1S/C30H38N4O9S/c1-30(2,13-7-14-31)20-33(44(39,40)23-11-6-10-22(17-23)34(37)38)18-26(35)25(16-21-8-4-3-5-9-21)32-29(36)43-27-19-42-28-24(27)12-15-41-28/h3-6,8-11,17,24-28,35H,7,12-13,15-16,18-20H2,1-2H3,(H,32,36)/t24-,25-,26+,27-,28+/m0/s1. The number of nitro benzene ring substituents is 1. The quantitative estimate of drug-likeness (QED) is 0.232. The zero-order chi connectivity index (χ0) is 31.9. The Hall–Kier alpha value is -3.61. The first kappa shape index (κ1) is 33.3. The maximum Gasteiger partial charge on any atom is 0.407 e. The molecule has 2 aromatic rings. The average molecular weight is 631 g/mol.